The van der Waals surface area contributed by atoms with Crippen LogP contribution in [0.5, 0.6) is 0 Å². The van der Waals surface area contributed by atoms with E-state index >= 15 is 0 Å². The number of aliphatic hydroxyl groups is 2. The molecule has 0 aromatic heterocycles. The predicted octanol–water partition coefficient (Wildman–Crippen LogP) is 3.33. The van der Waals surface area contributed by atoms with Crippen LogP contribution in [0, 0.1) is 0 Å². The topological polar surface area (TPSA) is 58.9 Å². The van der Waals surface area contributed by atoms with Gasteiger partial charge in [0.15, 0.2) is 8.32 Å². The van der Waals surface area contributed by atoms with Crippen molar-refractivity contribution in [2.45, 2.75) is 70.5 Å². The largest absolute Gasteiger partial charge is 0.417 e. The molecule has 0 unspecified atom stereocenters. The maximum atomic E-state index is 8.70. The minimum absolute atomic E-state index is 0.216. The van der Waals surface area contributed by atoms with Crippen LogP contribution in [0.4, 0.5) is 0 Å². The quantitative estimate of drug-likeness (QED) is 0.338. The Balaban J connectivity index is 3.35. The van der Waals surface area contributed by atoms with Crippen molar-refractivity contribution in [2.75, 3.05) is 33.0 Å². The normalized spacial score (nSPS) is 12.0. The molecule has 0 spiro atoms. The van der Waals surface area contributed by atoms with Gasteiger partial charge in [0, 0.05) is 33.0 Å². The third kappa shape index (κ3) is 16.3. The van der Waals surface area contributed by atoms with E-state index in [4.69, 9.17) is 19.4 Å². The number of hydrogen-bond donors (Lipinski definition) is 2. The summed E-state index contributed by atoms with van der Waals surface area (Å²) in [7, 11) is -1.49. The monoisotopic (exact) mass is 320 g/mol. The molecule has 0 saturated carbocycles. The Hall–Kier alpha value is 0.0569. The SMILES string of the molecule is C[Si](C)(CCCCOCCCO)OCCCCCCCO. The second-order valence-electron chi connectivity index (χ2n) is 6.25. The van der Waals surface area contributed by atoms with Crippen LogP contribution in [0.3, 0.4) is 0 Å². The molecule has 0 saturated heterocycles. The first-order valence-corrected chi connectivity index (χ1v) is 11.7. The molecule has 0 aliphatic heterocycles. The first kappa shape index (κ1) is 21.1. The third-order valence-electron chi connectivity index (χ3n) is 3.56. The van der Waals surface area contributed by atoms with Crippen molar-refractivity contribution in [3.63, 3.8) is 0 Å². The number of rotatable bonds is 16. The van der Waals surface area contributed by atoms with Crippen LogP contribution in [0.15, 0.2) is 0 Å². The molecule has 0 aromatic rings. The van der Waals surface area contributed by atoms with Gasteiger partial charge in [0.1, 0.15) is 0 Å². The molecule has 0 heterocycles. The molecule has 4 nitrogen and oxygen atoms in total. The van der Waals surface area contributed by atoms with Gasteiger partial charge in [0.25, 0.3) is 0 Å². The molecule has 0 fully saturated rings. The van der Waals surface area contributed by atoms with Crippen molar-refractivity contribution < 1.29 is 19.4 Å². The third-order valence-corrected chi connectivity index (χ3v) is 6.10. The number of unbranched alkanes of at least 4 members (excludes halogenated alkanes) is 5. The van der Waals surface area contributed by atoms with E-state index in [-0.39, 0.29) is 6.61 Å². The van der Waals surface area contributed by atoms with E-state index in [0.29, 0.717) is 13.2 Å². The Bertz CT molecular complexity index is 192. The summed E-state index contributed by atoms with van der Waals surface area (Å²) < 4.78 is 11.5. The van der Waals surface area contributed by atoms with E-state index in [9.17, 15) is 0 Å². The summed E-state index contributed by atoms with van der Waals surface area (Å²) in [5.41, 5.74) is 0. The summed E-state index contributed by atoms with van der Waals surface area (Å²) in [6.07, 6.45) is 8.63. The molecule has 0 rings (SSSR count). The molecule has 2 N–H and O–H groups in total. The molecule has 21 heavy (non-hydrogen) atoms. The molecule has 5 heteroatoms. The van der Waals surface area contributed by atoms with Gasteiger partial charge in [-0.2, -0.15) is 0 Å². The van der Waals surface area contributed by atoms with E-state index in [2.05, 4.69) is 13.1 Å². The second-order valence-corrected chi connectivity index (χ2v) is 10.6. The Labute approximate surface area is 132 Å². The van der Waals surface area contributed by atoms with Gasteiger partial charge in [-0.1, -0.05) is 25.7 Å². The molecular weight excluding hydrogens is 284 g/mol. The summed E-state index contributed by atoms with van der Waals surface area (Å²) in [6, 6.07) is 1.20. The highest BCUT2D eigenvalue weighted by molar-refractivity contribution is 6.71. The molecule has 0 aliphatic carbocycles. The number of ether oxygens (including phenoxy) is 1. The highest BCUT2D eigenvalue weighted by Crippen LogP contribution is 2.16. The standard InChI is InChI=1S/C16H36O4Si/c1-21(2,16-9-8-13-19-14-10-12-18)20-15-7-5-3-4-6-11-17/h17-18H,3-16H2,1-2H3. The first-order valence-electron chi connectivity index (χ1n) is 8.56. The molecule has 0 atom stereocenters. The molecule has 128 valence electrons. The number of hydrogen-bond acceptors (Lipinski definition) is 4. The molecule has 0 aromatic carbocycles. The lowest BCUT2D eigenvalue weighted by Crippen LogP contribution is -2.30. The van der Waals surface area contributed by atoms with Crippen molar-refractivity contribution in [2.24, 2.45) is 0 Å². The van der Waals surface area contributed by atoms with Crippen LogP contribution in [0.1, 0.15) is 51.4 Å². The fraction of sp³-hybridized carbons (Fsp3) is 1.00. The van der Waals surface area contributed by atoms with Crippen LogP contribution in [0.2, 0.25) is 19.1 Å². The van der Waals surface area contributed by atoms with Gasteiger partial charge in [-0.3, -0.25) is 0 Å². The van der Waals surface area contributed by atoms with E-state index in [1.807, 2.05) is 0 Å². The summed E-state index contributed by atoms with van der Waals surface area (Å²) >= 11 is 0. The van der Waals surface area contributed by atoms with Crippen molar-refractivity contribution in [3.05, 3.63) is 0 Å². The van der Waals surface area contributed by atoms with Crippen molar-refractivity contribution in [1.82, 2.24) is 0 Å². The lowest BCUT2D eigenvalue weighted by molar-refractivity contribution is 0.113. The molecule has 0 radical (unpaired) electrons. The number of aliphatic hydroxyl groups excluding tert-OH is 2. The fourth-order valence-corrected chi connectivity index (χ4v) is 4.13. The van der Waals surface area contributed by atoms with Crippen molar-refractivity contribution >= 4 is 8.32 Å². The van der Waals surface area contributed by atoms with Gasteiger partial charge in [-0.15, -0.1) is 0 Å². The maximum absolute atomic E-state index is 8.70. The van der Waals surface area contributed by atoms with Crippen LogP contribution >= 0.6 is 0 Å². The predicted molar refractivity (Wildman–Crippen MR) is 90.2 cm³/mol. The second kappa shape index (κ2) is 15.0. The zero-order chi connectivity index (χ0) is 15.8. The highest BCUT2D eigenvalue weighted by Gasteiger charge is 2.21. The van der Waals surface area contributed by atoms with Crippen molar-refractivity contribution in [1.29, 1.82) is 0 Å². The van der Waals surface area contributed by atoms with E-state index in [0.717, 1.165) is 45.3 Å². The van der Waals surface area contributed by atoms with E-state index < -0.39 is 8.32 Å². The highest BCUT2D eigenvalue weighted by atomic mass is 28.4. The van der Waals surface area contributed by atoms with E-state index in [1.165, 1.54) is 25.3 Å². The summed E-state index contributed by atoms with van der Waals surface area (Å²) in [5, 5.41) is 17.3. The van der Waals surface area contributed by atoms with Gasteiger partial charge in [-0.05, 0) is 44.8 Å². The Morgan fingerprint density at radius 2 is 1.24 bits per heavy atom. The molecule has 0 bridgehead atoms. The van der Waals surface area contributed by atoms with Crippen LogP contribution < -0.4 is 0 Å². The minimum atomic E-state index is -1.49. The molecule has 0 amide bonds. The first-order chi connectivity index (χ1) is 10.1. The van der Waals surface area contributed by atoms with E-state index in [1.54, 1.807) is 0 Å². The fourth-order valence-electron chi connectivity index (χ4n) is 2.19. The minimum Gasteiger partial charge on any atom is -0.417 e. The Kier molecular flexibility index (Phi) is 15.0. The van der Waals surface area contributed by atoms with Crippen LogP contribution in [0.25, 0.3) is 0 Å². The van der Waals surface area contributed by atoms with Crippen molar-refractivity contribution in [3.8, 4) is 0 Å². The summed E-state index contributed by atoms with van der Waals surface area (Å²) in [5.74, 6) is 0. The summed E-state index contributed by atoms with van der Waals surface area (Å²) in [6.45, 7) is 7.50. The zero-order valence-electron chi connectivity index (χ0n) is 14.1. The Morgan fingerprint density at radius 3 is 1.95 bits per heavy atom. The van der Waals surface area contributed by atoms with Gasteiger partial charge >= 0.3 is 0 Å². The maximum Gasteiger partial charge on any atom is 0.186 e. The Morgan fingerprint density at radius 1 is 0.667 bits per heavy atom. The molecule has 0 aliphatic rings. The average molecular weight is 321 g/mol. The lowest BCUT2D eigenvalue weighted by Gasteiger charge is -2.22. The lowest BCUT2D eigenvalue weighted by atomic mass is 10.2. The molecular formula is C16H36O4Si. The van der Waals surface area contributed by atoms with Crippen LogP contribution in [-0.2, 0) is 9.16 Å². The van der Waals surface area contributed by atoms with Crippen LogP contribution in [-0.4, -0.2) is 51.6 Å². The smallest absolute Gasteiger partial charge is 0.186 e. The van der Waals surface area contributed by atoms with Gasteiger partial charge < -0.3 is 19.4 Å². The van der Waals surface area contributed by atoms with Gasteiger partial charge in [0.2, 0.25) is 0 Å². The average Bonchev–Trinajstić information content (AvgIpc) is 2.45. The van der Waals surface area contributed by atoms with Gasteiger partial charge in [-0.25, -0.2) is 0 Å². The zero-order valence-corrected chi connectivity index (χ0v) is 15.1. The van der Waals surface area contributed by atoms with Gasteiger partial charge in [0.05, 0.1) is 0 Å². The summed E-state index contributed by atoms with van der Waals surface area (Å²) in [4.78, 5) is 0.